The van der Waals surface area contributed by atoms with Crippen LogP contribution in [0.25, 0.3) is 0 Å². The van der Waals surface area contributed by atoms with Crippen molar-refractivity contribution in [1.82, 2.24) is 9.88 Å². The van der Waals surface area contributed by atoms with Crippen molar-refractivity contribution in [2.75, 3.05) is 6.54 Å². The molecule has 0 N–H and O–H groups in total. The highest BCUT2D eigenvalue weighted by Crippen LogP contribution is 2.39. The van der Waals surface area contributed by atoms with E-state index in [9.17, 15) is 18.0 Å². The van der Waals surface area contributed by atoms with Gasteiger partial charge in [0.15, 0.2) is 9.84 Å². The summed E-state index contributed by atoms with van der Waals surface area (Å²) in [5.41, 5.74) is 0.912. The van der Waals surface area contributed by atoms with Gasteiger partial charge in [-0.05, 0) is 55.7 Å². The van der Waals surface area contributed by atoms with Crippen LogP contribution >= 0.6 is 0 Å². The predicted octanol–water partition coefficient (Wildman–Crippen LogP) is 5.34. The minimum absolute atomic E-state index is 0.393. The summed E-state index contributed by atoms with van der Waals surface area (Å²) >= 11 is 0. The Morgan fingerprint density at radius 3 is 2.42 bits per heavy atom. The number of pyridine rings is 1. The van der Waals surface area contributed by atoms with E-state index in [1.165, 1.54) is 4.90 Å². The molecule has 7 heteroatoms. The van der Waals surface area contributed by atoms with Crippen LogP contribution in [0.2, 0.25) is 0 Å². The van der Waals surface area contributed by atoms with Gasteiger partial charge >= 0.3 is 0 Å². The molecular weight excluding hydrogens is 472 g/mol. The van der Waals surface area contributed by atoms with Gasteiger partial charge in [0.2, 0.25) is 5.78 Å². The summed E-state index contributed by atoms with van der Waals surface area (Å²) in [6, 6.07) is 12.9. The van der Waals surface area contributed by atoms with E-state index in [0.29, 0.717) is 50.6 Å². The Bertz CT molecular complexity index is 1120. The van der Waals surface area contributed by atoms with Gasteiger partial charge in [0.25, 0.3) is 5.91 Å². The maximum atomic E-state index is 14.4. The topological polar surface area (TPSA) is 84.4 Å². The van der Waals surface area contributed by atoms with Gasteiger partial charge in [-0.25, -0.2) is 8.42 Å². The zero-order valence-electron chi connectivity index (χ0n) is 22.0. The standard InChI is InChI=1S/C29H40N2O4S/c1-5-12-24(18-17-22-13-8-7-9-14-22)36(34,35)26(23-15-10-19-30-21-23)25-16-11-20-31(25)28(33)27(32)29(3,4)6-2/h7-10,13-15,19,21,24-26H,5-6,11-12,16-18,20H2,1-4H3/t24-,25+,26?/m1/s1. The number of aromatic nitrogens is 1. The number of rotatable bonds is 12. The Hall–Kier alpha value is -2.54. The third-order valence-electron chi connectivity index (χ3n) is 7.64. The minimum Gasteiger partial charge on any atom is -0.331 e. The van der Waals surface area contributed by atoms with Crippen LogP contribution in [0.5, 0.6) is 0 Å². The lowest BCUT2D eigenvalue weighted by Crippen LogP contribution is -2.49. The van der Waals surface area contributed by atoms with Gasteiger partial charge in [-0.2, -0.15) is 0 Å². The van der Waals surface area contributed by atoms with Crippen LogP contribution in [-0.4, -0.2) is 47.8 Å². The third-order valence-corrected chi connectivity index (χ3v) is 10.3. The fraction of sp³-hybridized carbons (Fsp3) is 0.552. The summed E-state index contributed by atoms with van der Waals surface area (Å²) in [5.74, 6) is -1.02. The van der Waals surface area contributed by atoms with E-state index < -0.39 is 43.5 Å². The van der Waals surface area contributed by atoms with Crippen LogP contribution < -0.4 is 0 Å². The molecule has 1 aromatic carbocycles. The summed E-state index contributed by atoms with van der Waals surface area (Å²) < 4.78 is 28.7. The number of nitrogens with zero attached hydrogens (tertiary/aromatic N) is 2. The molecule has 1 amide bonds. The third kappa shape index (κ3) is 6.23. The zero-order chi connectivity index (χ0) is 26.3. The number of likely N-dealkylation sites (tertiary alicyclic amines) is 1. The average Bonchev–Trinajstić information content (AvgIpc) is 3.35. The number of carbonyl (C=O) groups excluding carboxylic acids is 2. The fourth-order valence-corrected chi connectivity index (χ4v) is 7.75. The van der Waals surface area contributed by atoms with E-state index in [1.54, 1.807) is 38.4 Å². The number of Topliss-reactive ketones (excluding diaryl/α,β-unsaturated/α-hetero) is 1. The van der Waals surface area contributed by atoms with Crippen molar-refractivity contribution < 1.29 is 18.0 Å². The van der Waals surface area contributed by atoms with Crippen LogP contribution in [0.1, 0.15) is 82.6 Å². The van der Waals surface area contributed by atoms with Crippen LogP contribution in [0.4, 0.5) is 0 Å². The number of amides is 1. The van der Waals surface area contributed by atoms with Crippen molar-refractivity contribution in [2.45, 2.75) is 89.2 Å². The molecule has 0 aliphatic carbocycles. The molecule has 6 nitrogen and oxygen atoms in total. The molecule has 1 aliphatic heterocycles. The molecule has 1 unspecified atom stereocenters. The number of hydrogen-bond donors (Lipinski definition) is 0. The van der Waals surface area contributed by atoms with E-state index in [0.717, 1.165) is 12.0 Å². The number of aryl methyl sites for hydroxylation is 1. The van der Waals surface area contributed by atoms with Gasteiger partial charge in [0.1, 0.15) is 5.25 Å². The van der Waals surface area contributed by atoms with Gasteiger partial charge in [0, 0.05) is 24.4 Å². The highest BCUT2D eigenvalue weighted by molar-refractivity contribution is 7.92. The minimum atomic E-state index is -3.71. The molecule has 0 spiro atoms. The second-order valence-electron chi connectivity index (χ2n) is 10.5. The molecule has 196 valence electrons. The average molecular weight is 513 g/mol. The largest absolute Gasteiger partial charge is 0.331 e. The Labute approximate surface area is 216 Å². The van der Waals surface area contributed by atoms with Crippen molar-refractivity contribution >= 4 is 21.5 Å². The highest BCUT2D eigenvalue weighted by atomic mass is 32.2. The molecule has 1 fully saturated rings. The number of benzene rings is 1. The first-order valence-corrected chi connectivity index (χ1v) is 14.8. The van der Waals surface area contributed by atoms with E-state index in [1.807, 2.05) is 44.2 Å². The molecule has 0 radical (unpaired) electrons. The maximum Gasteiger partial charge on any atom is 0.290 e. The maximum absolute atomic E-state index is 14.4. The normalized spacial score (nSPS) is 18.1. The summed E-state index contributed by atoms with van der Waals surface area (Å²) in [6.45, 7) is 7.82. The second-order valence-corrected chi connectivity index (χ2v) is 12.9. The molecule has 2 aromatic rings. The van der Waals surface area contributed by atoms with Crippen LogP contribution in [0.15, 0.2) is 54.9 Å². The number of ketones is 1. The van der Waals surface area contributed by atoms with Crippen molar-refractivity contribution in [3.05, 3.63) is 66.0 Å². The summed E-state index contributed by atoms with van der Waals surface area (Å²) in [4.78, 5) is 32.2. The fourth-order valence-electron chi connectivity index (χ4n) is 5.09. The highest BCUT2D eigenvalue weighted by Gasteiger charge is 2.47. The Kier molecular flexibility index (Phi) is 9.45. The lowest BCUT2D eigenvalue weighted by Gasteiger charge is -2.35. The first-order chi connectivity index (χ1) is 17.1. The Morgan fingerprint density at radius 1 is 1.08 bits per heavy atom. The molecule has 3 rings (SSSR count). The molecule has 1 aromatic heterocycles. The summed E-state index contributed by atoms with van der Waals surface area (Å²) in [5, 5.41) is -1.46. The van der Waals surface area contributed by atoms with Gasteiger partial charge in [-0.3, -0.25) is 14.6 Å². The van der Waals surface area contributed by atoms with E-state index >= 15 is 0 Å². The van der Waals surface area contributed by atoms with Crippen molar-refractivity contribution in [2.24, 2.45) is 5.41 Å². The van der Waals surface area contributed by atoms with Crippen molar-refractivity contribution in [3.8, 4) is 0 Å². The lowest BCUT2D eigenvalue weighted by molar-refractivity contribution is -0.149. The molecule has 36 heavy (non-hydrogen) atoms. The van der Waals surface area contributed by atoms with Gasteiger partial charge in [-0.15, -0.1) is 0 Å². The molecule has 0 saturated carbocycles. The quantitative estimate of drug-likeness (QED) is 0.359. The monoisotopic (exact) mass is 512 g/mol. The summed E-state index contributed by atoms with van der Waals surface area (Å²) in [7, 11) is -3.71. The molecule has 1 saturated heterocycles. The molecule has 0 bridgehead atoms. The first kappa shape index (κ1) is 28.0. The number of carbonyl (C=O) groups is 2. The summed E-state index contributed by atoms with van der Waals surface area (Å²) in [6.07, 6.45) is 7.45. The van der Waals surface area contributed by atoms with Gasteiger partial charge < -0.3 is 4.90 Å². The first-order valence-electron chi connectivity index (χ1n) is 13.2. The Balaban J connectivity index is 1.98. The SMILES string of the molecule is CCC[C@H](CCc1ccccc1)S(=O)(=O)C(c1cccnc1)[C@@H]1CCCN1C(=O)C(=O)C(C)(C)CC. The van der Waals surface area contributed by atoms with Gasteiger partial charge in [0.05, 0.1) is 11.3 Å². The lowest BCUT2D eigenvalue weighted by atomic mass is 9.84. The van der Waals surface area contributed by atoms with Gasteiger partial charge in [-0.1, -0.05) is 70.5 Å². The van der Waals surface area contributed by atoms with Crippen LogP contribution in [-0.2, 0) is 25.8 Å². The van der Waals surface area contributed by atoms with Crippen molar-refractivity contribution in [3.63, 3.8) is 0 Å². The molecule has 3 atom stereocenters. The molecule has 2 heterocycles. The van der Waals surface area contributed by atoms with Crippen LogP contribution in [0.3, 0.4) is 0 Å². The zero-order valence-corrected chi connectivity index (χ0v) is 22.8. The van der Waals surface area contributed by atoms with E-state index in [4.69, 9.17) is 0 Å². The molecular formula is C29H40N2O4S. The number of sulfone groups is 1. The van der Waals surface area contributed by atoms with E-state index in [-0.39, 0.29) is 0 Å². The van der Waals surface area contributed by atoms with Crippen LogP contribution in [0, 0.1) is 5.41 Å². The number of hydrogen-bond acceptors (Lipinski definition) is 5. The second kappa shape index (κ2) is 12.1. The molecule has 1 aliphatic rings. The Morgan fingerprint density at radius 2 is 1.81 bits per heavy atom. The predicted molar refractivity (Wildman–Crippen MR) is 143 cm³/mol. The smallest absolute Gasteiger partial charge is 0.290 e. The van der Waals surface area contributed by atoms with Crippen molar-refractivity contribution in [1.29, 1.82) is 0 Å². The van der Waals surface area contributed by atoms with E-state index in [2.05, 4.69) is 4.98 Å².